The van der Waals surface area contributed by atoms with E-state index in [9.17, 15) is 0 Å². The highest BCUT2D eigenvalue weighted by atomic mass is 15.1. The van der Waals surface area contributed by atoms with Gasteiger partial charge in [-0.3, -0.25) is 0 Å². The standard InChI is InChI=1S/C15H24N2/c1-3-13-7-6-9-15(11-13)17(2)12-14-8-4-5-10-16-14/h6-7,9,11,14,16H,3-5,8,10,12H2,1-2H3. The first-order valence-electron chi connectivity index (χ1n) is 6.83. The molecule has 0 spiro atoms. The van der Waals surface area contributed by atoms with Gasteiger partial charge >= 0.3 is 0 Å². The van der Waals surface area contributed by atoms with E-state index < -0.39 is 0 Å². The topological polar surface area (TPSA) is 15.3 Å². The van der Waals surface area contributed by atoms with Crippen molar-refractivity contribution in [3.05, 3.63) is 29.8 Å². The lowest BCUT2D eigenvalue weighted by Gasteiger charge is -2.29. The summed E-state index contributed by atoms with van der Waals surface area (Å²) >= 11 is 0. The molecule has 0 saturated carbocycles. The molecule has 0 aliphatic carbocycles. The number of piperidine rings is 1. The van der Waals surface area contributed by atoms with Gasteiger partial charge in [-0.05, 0) is 43.5 Å². The van der Waals surface area contributed by atoms with Gasteiger partial charge in [0.1, 0.15) is 0 Å². The Morgan fingerprint density at radius 2 is 2.24 bits per heavy atom. The molecule has 2 rings (SSSR count). The largest absolute Gasteiger partial charge is 0.373 e. The molecule has 0 radical (unpaired) electrons. The van der Waals surface area contributed by atoms with Crippen LogP contribution in [-0.4, -0.2) is 26.2 Å². The van der Waals surface area contributed by atoms with Crippen LogP contribution in [0.1, 0.15) is 31.7 Å². The average molecular weight is 232 g/mol. The Hall–Kier alpha value is -1.02. The van der Waals surface area contributed by atoms with Crippen molar-refractivity contribution in [3.8, 4) is 0 Å². The Kier molecular flexibility index (Phi) is 4.43. The Morgan fingerprint density at radius 1 is 1.35 bits per heavy atom. The lowest BCUT2D eigenvalue weighted by atomic mass is 10.0. The third-order valence-electron chi connectivity index (χ3n) is 3.67. The summed E-state index contributed by atoms with van der Waals surface area (Å²) in [5, 5.41) is 3.61. The van der Waals surface area contributed by atoms with Gasteiger partial charge in [0.05, 0.1) is 0 Å². The molecule has 1 heterocycles. The highest BCUT2D eigenvalue weighted by molar-refractivity contribution is 5.48. The second-order valence-electron chi connectivity index (χ2n) is 5.05. The van der Waals surface area contributed by atoms with Crippen LogP contribution in [0.4, 0.5) is 5.69 Å². The van der Waals surface area contributed by atoms with Crippen LogP contribution in [0.5, 0.6) is 0 Å². The van der Waals surface area contributed by atoms with Crippen LogP contribution in [0.25, 0.3) is 0 Å². The molecular weight excluding hydrogens is 208 g/mol. The minimum Gasteiger partial charge on any atom is -0.373 e. The van der Waals surface area contributed by atoms with Gasteiger partial charge < -0.3 is 10.2 Å². The maximum atomic E-state index is 3.61. The number of anilines is 1. The van der Waals surface area contributed by atoms with E-state index in [-0.39, 0.29) is 0 Å². The first-order valence-corrected chi connectivity index (χ1v) is 6.83. The van der Waals surface area contributed by atoms with Crippen LogP contribution < -0.4 is 10.2 Å². The fraction of sp³-hybridized carbons (Fsp3) is 0.600. The minimum atomic E-state index is 0.666. The zero-order chi connectivity index (χ0) is 12.1. The number of nitrogens with zero attached hydrogens (tertiary/aromatic N) is 1. The van der Waals surface area contributed by atoms with Crippen LogP contribution in [0.3, 0.4) is 0 Å². The normalized spacial score (nSPS) is 20.2. The molecule has 0 bridgehead atoms. The fourth-order valence-electron chi connectivity index (χ4n) is 2.53. The number of hydrogen-bond acceptors (Lipinski definition) is 2. The van der Waals surface area contributed by atoms with Crippen LogP contribution in [0.15, 0.2) is 24.3 Å². The molecule has 1 aliphatic rings. The van der Waals surface area contributed by atoms with E-state index in [1.54, 1.807) is 0 Å². The van der Waals surface area contributed by atoms with Gasteiger partial charge in [0.15, 0.2) is 0 Å². The Bertz CT molecular complexity index is 343. The minimum absolute atomic E-state index is 0.666. The first-order chi connectivity index (χ1) is 8.29. The molecule has 1 fully saturated rings. The number of benzene rings is 1. The monoisotopic (exact) mass is 232 g/mol. The van der Waals surface area contributed by atoms with Gasteiger partial charge in [-0.25, -0.2) is 0 Å². The lowest BCUT2D eigenvalue weighted by Crippen LogP contribution is -2.42. The maximum absolute atomic E-state index is 3.61. The van der Waals surface area contributed by atoms with Crippen molar-refractivity contribution < 1.29 is 0 Å². The number of rotatable bonds is 4. The van der Waals surface area contributed by atoms with Crippen LogP contribution in [-0.2, 0) is 6.42 Å². The number of likely N-dealkylation sites (N-methyl/N-ethyl adjacent to an activating group) is 1. The highest BCUT2D eigenvalue weighted by Gasteiger charge is 2.14. The molecule has 1 saturated heterocycles. The molecule has 2 heteroatoms. The number of nitrogens with one attached hydrogen (secondary N) is 1. The summed E-state index contributed by atoms with van der Waals surface area (Å²) in [4.78, 5) is 2.38. The molecule has 1 aromatic carbocycles. The second-order valence-corrected chi connectivity index (χ2v) is 5.05. The molecule has 1 atom stereocenters. The van der Waals surface area contributed by atoms with Gasteiger partial charge in [-0.15, -0.1) is 0 Å². The van der Waals surface area contributed by atoms with Gasteiger partial charge in [-0.1, -0.05) is 25.5 Å². The van der Waals surface area contributed by atoms with Crippen molar-refractivity contribution in [3.63, 3.8) is 0 Å². The van der Waals surface area contributed by atoms with Crippen LogP contribution in [0.2, 0.25) is 0 Å². The molecule has 1 aliphatic heterocycles. The lowest BCUT2D eigenvalue weighted by molar-refractivity contribution is 0.403. The van der Waals surface area contributed by atoms with Crippen molar-refractivity contribution >= 4 is 5.69 Å². The van der Waals surface area contributed by atoms with E-state index in [1.807, 2.05) is 0 Å². The summed E-state index contributed by atoms with van der Waals surface area (Å²) in [6.07, 6.45) is 5.15. The summed E-state index contributed by atoms with van der Waals surface area (Å²) < 4.78 is 0. The molecule has 1 aromatic rings. The predicted molar refractivity (Wildman–Crippen MR) is 74.7 cm³/mol. The van der Waals surface area contributed by atoms with Gasteiger partial charge in [-0.2, -0.15) is 0 Å². The van der Waals surface area contributed by atoms with E-state index in [2.05, 4.69) is 48.5 Å². The average Bonchev–Trinajstić information content (AvgIpc) is 2.40. The molecule has 0 amide bonds. The van der Waals surface area contributed by atoms with E-state index in [0.29, 0.717) is 6.04 Å². The second kappa shape index (κ2) is 6.06. The van der Waals surface area contributed by atoms with Gasteiger partial charge in [0.2, 0.25) is 0 Å². The molecule has 94 valence electrons. The smallest absolute Gasteiger partial charge is 0.0366 e. The zero-order valence-electron chi connectivity index (χ0n) is 11.1. The maximum Gasteiger partial charge on any atom is 0.0366 e. The third kappa shape index (κ3) is 3.47. The van der Waals surface area contributed by atoms with Crippen molar-refractivity contribution in [2.45, 2.75) is 38.6 Å². The Balaban J connectivity index is 1.95. The van der Waals surface area contributed by atoms with Gasteiger partial charge in [0, 0.05) is 25.3 Å². The number of hydrogen-bond donors (Lipinski definition) is 1. The van der Waals surface area contributed by atoms with Crippen molar-refractivity contribution in [2.75, 3.05) is 25.0 Å². The van der Waals surface area contributed by atoms with Gasteiger partial charge in [0.25, 0.3) is 0 Å². The van der Waals surface area contributed by atoms with Crippen molar-refractivity contribution in [1.29, 1.82) is 0 Å². The fourth-order valence-corrected chi connectivity index (χ4v) is 2.53. The van der Waals surface area contributed by atoms with E-state index in [1.165, 1.54) is 37.1 Å². The molecule has 2 nitrogen and oxygen atoms in total. The van der Waals surface area contributed by atoms with E-state index in [0.717, 1.165) is 13.0 Å². The molecule has 1 unspecified atom stereocenters. The van der Waals surface area contributed by atoms with E-state index in [4.69, 9.17) is 0 Å². The molecule has 1 N–H and O–H groups in total. The quantitative estimate of drug-likeness (QED) is 0.858. The van der Waals surface area contributed by atoms with Crippen LogP contribution in [0, 0.1) is 0 Å². The Labute approximate surface area is 105 Å². The van der Waals surface area contributed by atoms with Crippen LogP contribution >= 0.6 is 0 Å². The summed E-state index contributed by atoms with van der Waals surface area (Å²) in [5.41, 5.74) is 2.77. The summed E-state index contributed by atoms with van der Waals surface area (Å²) in [6.45, 7) is 4.52. The highest BCUT2D eigenvalue weighted by Crippen LogP contribution is 2.17. The molecular formula is C15H24N2. The summed E-state index contributed by atoms with van der Waals surface area (Å²) in [6, 6.07) is 9.55. The summed E-state index contributed by atoms with van der Waals surface area (Å²) in [7, 11) is 2.20. The predicted octanol–water partition coefficient (Wildman–Crippen LogP) is 2.83. The van der Waals surface area contributed by atoms with Crippen molar-refractivity contribution in [1.82, 2.24) is 5.32 Å². The third-order valence-corrected chi connectivity index (χ3v) is 3.67. The number of aryl methyl sites for hydroxylation is 1. The van der Waals surface area contributed by atoms with Crippen molar-refractivity contribution in [2.24, 2.45) is 0 Å². The molecule has 17 heavy (non-hydrogen) atoms. The SMILES string of the molecule is CCc1cccc(N(C)CC2CCCCN2)c1. The Morgan fingerprint density at radius 3 is 2.94 bits per heavy atom. The zero-order valence-corrected chi connectivity index (χ0v) is 11.1. The summed E-state index contributed by atoms with van der Waals surface area (Å²) in [5.74, 6) is 0. The van der Waals surface area contributed by atoms with E-state index >= 15 is 0 Å². The molecule has 0 aromatic heterocycles. The first kappa shape index (κ1) is 12.4.